The quantitative estimate of drug-likeness (QED) is 0.406. The predicted molar refractivity (Wildman–Crippen MR) is 150 cm³/mol. The summed E-state index contributed by atoms with van der Waals surface area (Å²) in [5, 5.41) is 6.03. The predicted octanol–water partition coefficient (Wildman–Crippen LogP) is 5.38. The lowest BCUT2D eigenvalue weighted by atomic mass is 10.0. The molecule has 1 amide bonds. The molecule has 9 heteroatoms. The average Bonchev–Trinajstić information content (AvgIpc) is 3.74. The van der Waals surface area contributed by atoms with Crippen LogP contribution in [0.3, 0.4) is 0 Å². The number of nitrogens with zero attached hydrogens (tertiary/aromatic N) is 3. The number of rotatable bonds is 6. The van der Waals surface area contributed by atoms with E-state index in [1.807, 2.05) is 24.9 Å². The fourth-order valence-corrected chi connectivity index (χ4v) is 4.59. The second-order valence-electron chi connectivity index (χ2n) is 10.6. The second kappa shape index (κ2) is 11.7. The number of hydrogen-bond donors (Lipinski definition) is 2. The van der Waals surface area contributed by atoms with Crippen molar-refractivity contribution in [1.29, 1.82) is 0 Å². The first kappa shape index (κ1) is 27.7. The van der Waals surface area contributed by atoms with Crippen LogP contribution in [-0.2, 0) is 12.7 Å². The van der Waals surface area contributed by atoms with Gasteiger partial charge < -0.3 is 15.5 Å². The minimum absolute atomic E-state index is 0.0960. The Balaban J connectivity index is 1.31. The van der Waals surface area contributed by atoms with E-state index in [4.69, 9.17) is 0 Å². The van der Waals surface area contributed by atoms with Gasteiger partial charge in [0.05, 0.1) is 17.4 Å². The fourth-order valence-electron chi connectivity index (χ4n) is 4.59. The van der Waals surface area contributed by atoms with Crippen molar-refractivity contribution in [1.82, 2.24) is 14.8 Å². The maximum Gasteiger partial charge on any atom is 0.416 e. The monoisotopic (exact) mass is 547 g/mol. The smallest absolute Gasteiger partial charge is 0.381 e. The number of amides is 1. The van der Waals surface area contributed by atoms with Gasteiger partial charge in [-0.05, 0) is 68.3 Å². The highest BCUT2D eigenvalue weighted by Crippen LogP contribution is 2.35. The molecule has 0 bridgehead atoms. The topological polar surface area (TPSA) is 60.5 Å². The van der Waals surface area contributed by atoms with E-state index in [9.17, 15) is 18.0 Å². The summed E-state index contributed by atoms with van der Waals surface area (Å²) in [7, 11) is 2.00. The minimum Gasteiger partial charge on any atom is -0.381 e. The third kappa shape index (κ3) is 7.20. The molecule has 2 aromatic carbocycles. The molecule has 5 rings (SSSR count). The maximum atomic E-state index is 14.0. The van der Waals surface area contributed by atoms with Gasteiger partial charge in [0.1, 0.15) is 0 Å². The van der Waals surface area contributed by atoms with Crippen LogP contribution in [0.2, 0.25) is 0 Å². The third-order valence-electron chi connectivity index (χ3n) is 7.19. The number of aromatic nitrogens is 1. The zero-order valence-electron chi connectivity index (χ0n) is 22.6. The van der Waals surface area contributed by atoms with E-state index < -0.39 is 17.6 Å². The van der Waals surface area contributed by atoms with Crippen LogP contribution in [0.15, 0.2) is 54.9 Å². The highest BCUT2D eigenvalue weighted by molar-refractivity contribution is 6.04. The summed E-state index contributed by atoms with van der Waals surface area (Å²) in [6.45, 7) is 5.17. The lowest BCUT2D eigenvalue weighted by molar-refractivity contribution is -0.138. The van der Waals surface area contributed by atoms with E-state index in [1.165, 1.54) is 12.1 Å². The number of benzene rings is 2. The molecule has 6 nitrogen and oxygen atoms in total. The van der Waals surface area contributed by atoms with Crippen LogP contribution < -0.4 is 10.6 Å². The number of carbonyl (C=O) groups is 1. The van der Waals surface area contributed by atoms with E-state index in [1.54, 1.807) is 30.6 Å². The zero-order chi connectivity index (χ0) is 28.3. The fraction of sp³-hybridized carbons (Fsp3) is 0.355. The molecular formula is C31H32F3N5O. The Morgan fingerprint density at radius 2 is 1.77 bits per heavy atom. The van der Waals surface area contributed by atoms with E-state index in [2.05, 4.69) is 32.4 Å². The molecule has 0 unspecified atom stereocenters. The molecule has 2 aliphatic rings. The van der Waals surface area contributed by atoms with Crippen molar-refractivity contribution in [3.8, 4) is 11.8 Å². The minimum atomic E-state index is -4.53. The maximum absolute atomic E-state index is 14.0. The summed E-state index contributed by atoms with van der Waals surface area (Å²) >= 11 is 0. The van der Waals surface area contributed by atoms with Crippen LogP contribution in [0, 0.1) is 18.8 Å². The molecule has 1 aromatic heterocycles. The number of piperazine rings is 1. The van der Waals surface area contributed by atoms with E-state index >= 15 is 0 Å². The number of pyridine rings is 1. The normalized spacial score (nSPS) is 16.2. The van der Waals surface area contributed by atoms with Crippen LogP contribution in [0.5, 0.6) is 0 Å². The van der Waals surface area contributed by atoms with Gasteiger partial charge in [0, 0.05) is 67.3 Å². The molecule has 0 atom stereocenters. The summed E-state index contributed by atoms with van der Waals surface area (Å²) in [4.78, 5) is 21.5. The van der Waals surface area contributed by atoms with E-state index in [0.717, 1.165) is 48.8 Å². The van der Waals surface area contributed by atoms with E-state index in [-0.39, 0.29) is 17.8 Å². The van der Waals surface area contributed by atoms with Crippen LogP contribution in [0.25, 0.3) is 0 Å². The van der Waals surface area contributed by atoms with Crippen LogP contribution in [0.1, 0.15) is 51.0 Å². The van der Waals surface area contributed by atoms with Crippen LogP contribution in [0.4, 0.5) is 24.5 Å². The molecule has 3 aromatic rings. The molecule has 1 aliphatic heterocycles. The van der Waals surface area contributed by atoms with Gasteiger partial charge in [-0.1, -0.05) is 24.0 Å². The summed E-state index contributed by atoms with van der Waals surface area (Å²) in [6, 6.07) is 11.5. The van der Waals surface area contributed by atoms with Crippen molar-refractivity contribution in [3.05, 3.63) is 88.2 Å². The summed E-state index contributed by atoms with van der Waals surface area (Å²) in [6.07, 6.45) is 1.23. The van der Waals surface area contributed by atoms with Crippen LogP contribution in [-0.4, -0.2) is 60.0 Å². The highest BCUT2D eigenvalue weighted by Gasteiger charge is 2.34. The first-order valence-electron chi connectivity index (χ1n) is 13.4. The number of hydrogen-bond acceptors (Lipinski definition) is 5. The number of nitrogens with one attached hydrogen (secondary N) is 2. The Morgan fingerprint density at radius 3 is 2.50 bits per heavy atom. The Morgan fingerprint density at radius 1 is 1.00 bits per heavy atom. The molecule has 2 N–H and O–H groups in total. The molecule has 0 spiro atoms. The van der Waals surface area contributed by atoms with Gasteiger partial charge >= 0.3 is 6.18 Å². The van der Waals surface area contributed by atoms with Gasteiger partial charge in [0.25, 0.3) is 5.91 Å². The molecule has 1 saturated heterocycles. The SMILES string of the molecule is Cc1ccc(C(=O)Nc2ccc(CN3CCN(C)CC3)c(C(F)(F)F)c2)cc1C#Cc1cncc(NC2CC2)c1. The largest absolute Gasteiger partial charge is 0.416 e. The molecule has 1 aliphatic carbocycles. The van der Waals surface area contributed by atoms with Gasteiger partial charge in [-0.3, -0.25) is 14.7 Å². The van der Waals surface area contributed by atoms with Crippen molar-refractivity contribution in [3.63, 3.8) is 0 Å². The Labute approximate surface area is 232 Å². The highest BCUT2D eigenvalue weighted by atomic mass is 19.4. The van der Waals surface area contributed by atoms with Crippen LogP contribution >= 0.6 is 0 Å². The number of halogens is 3. The van der Waals surface area contributed by atoms with Crippen molar-refractivity contribution in [2.75, 3.05) is 43.9 Å². The lowest BCUT2D eigenvalue weighted by Crippen LogP contribution is -2.44. The third-order valence-corrected chi connectivity index (χ3v) is 7.19. The van der Waals surface area contributed by atoms with Gasteiger partial charge in [0.2, 0.25) is 0 Å². The molecular weight excluding hydrogens is 515 g/mol. The first-order chi connectivity index (χ1) is 19.1. The standard InChI is InChI=1S/C31H32F3N5O/c1-21-3-5-24(16-23(21)6-4-22-15-28(19-35-18-22)36-26-9-10-26)30(40)37-27-8-7-25(29(17-27)31(32,33)34)20-39-13-11-38(2)12-14-39/h3,5,7-8,15-19,26,36H,9-14,20H2,1-2H3,(H,37,40). The average molecular weight is 548 g/mol. The Hall–Kier alpha value is -3.87. The first-order valence-corrected chi connectivity index (χ1v) is 13.4. The van der Waals surface area contributed by atoms with Gasteiger partial charge in [-0.25, -0.2) is 0 Å². The summed E-state index contributed by atoms with van der Waals surface area (Å²) in [5.74, 6) is 5.71. The van der Waals surface area contributed by atoms with Crippen molar-refractivity contribution in [2.45, 2.75) is 38.5 Å². The molecule has 2 fully saturated rings. The number of aryl methyl sites for hydroxylation is 1. The molecule has 208 valence electrons. The second-order valence-corrected chi connectivity index (χ2v) is 10.6. The molecule has 2 heterocycles. The van der Waals surface area contributed by atoms with Crippen molar-refractivity contribution >= 4 is 17.3 Å². The Kier molecular flexibility index (Phi) is 8.10. The van der Waals surface area contributed by atoms with E-state index in [0.29, 0.717) is 30.3 Å². The number of likely N-dealkylation sites (N-methyl/N-ethyl adjacent to an activating group) is 1. The van der Waals surface area contributed by atoms with Gasteiger partial charge in [-0.15, -0.1) is 0 Å². The zero-order valence-corrected chi connectivity index (χ0v) is 22.6. The molecule has 40 heavy (non-hydrogen) atoms. The number of anilines is 2. The van der Waals surface area contributed by atoms with Gasteiger partial charge in [0.15, 0.2) is 0 Å². The Bertz CT molecular complexity index is 1450. The molecule has 0 radical (unpaired) electrons. The van der Waals surface area contributed by atoms with Crippen molar-refractivity contribution in [2.24, 2.45) is 0 Å². The number of carbonyl (C=O) groups excluding carboxylic acids is 1. The van der Waals surface area contributed by atoms with Gasteiger partial charge in [-0.2, -0.15) is 13.2 Å². The van der Waals surface area contributed by atoms with Crippen molar-refractivity contribution < 1.29 is 18.0 Å². The summed E-state index contributed by atoms with van der Waals surface area (Å²) in [5.41, 5.74) is 3.10. The molecule has 1 saturated carbocycles. The lowest BCUT2D eigenvalue weighted by Gasteiger charge is -2.33. The summed E-state index contributed by atoms with van der Waals surface area (Å²) < 4.78 is 41.9. The number of alkyl halides is 3.